The van der Waals surface area contributed by atoms with Gasteiger partial charge in [-0.15, -0.1) is 0 Å². The van der Waals surface area contributed by atoms with E-state index in [1.54, 1.807) is 23.0 Å². The van der Waals surface area contributed by atoms with Gasteiger partial charge >= 0.3 is 0 Å². The minimum atomic E-state index is -2.56. The van der Waals surface area contributed by atoms with E-state index in [0.29, 0.717) is 5.69 Å². The molecule has 1 unspecified atom stereocenters. The van der Waals surface area contributed by atoms with E-state index in [4.69, 9.17) is 0 Å². The van der Waals surface area contributed by atoms with Crippen molar-refractivity contribution in [2.75, 3.05) is 18.4 Å². The third-order valence-electron chi connectivity index (χ3n) is 3.88. The van der Waals surface area contributed by atoms with Gasteiger partial charge < -0.3 is 10.6 Å². The summed E-state index contributed by atoms with van der Waals surface area (Å²) in [5.74, 6) is -0.404. The number of amides is 1. The van der Waals surface area contributed by atoms with Crippen LogP contribution in [0.3, 0.4) is 0 Å². The number of nitrogens with zero attached hydrogens (tertiary/aromatic N) is 2. The number of hydrogen-bond donors (Lipinski definition) is 2. The van der Waals surface area contributed by atoms with Crippen LogP contribution in [0.1, 0.15) is 41.4 Å². The molecule has 3 rings (SSSR count). The highest BCUT2D eigenvalue weighted by molar-refractivity contribution is 6.02. The minimum absolute atomic E-state index is 0.124. The molecule has 0 bridgehead atoms. The van der Waals surface area contributed by atoms with Crippen molar-refractivity contribution in [1.29, 1.82) is 0 Å². The fourth-order valence-electron chi connectivity index (χ4n) is 2.67. The second-order valence-corrected chi connectivity index (χ2v) is 5.56. The molecule has 1 atom stereocenters. The van der Waals surface area contributed by atoms with E-state index in [0.717, 1.165) is 25.9 Å². The highest BCUT2D eigenvalue weighted by atomic mass is 19.3. The summed E-state index contributed by atoms with van der Waals surface area (Å²) in [6.07, 6.45) is 1.31. The number of carbonyl (C=O) groups excluding carboxylic acids is 1. The maximum atomic E-state index is 12.7. The zero-order valence-electron chi connectivity index (χ0n) is 12.5. The Morgan fingerprint density at radius 2 is 2.26 bits per heavy atom. The normalized spacial score (nSPS) is 18.1. The number of anilines is 1. The molecule has 23 heavy (non-hydrogen) atoms. The molecule has 1 aliphatic heterocycles. The number of piperidine rings is 1. The summed E-state index contributed by atoms with van der Waals surface area (Å²) in [5.41, 5.74) is 0.487. The summed E-state index contributed by atoms with van der Waals surface area (Å²) in [5, 5.41) is 10.2. The van der Waals surface area contributed by atoms with Gasteiger partial charge in [0.2, 0.25) is 0 Å². The summed E-state index contributed by atoms with van der Waals surface area (Å²) < 4.78 is 27.2. The van der Waals surface area contributed by atoms with Crippen molar-refractivity contribution in [3.05, 3.63) is 47.8 Å². The molecule has 1 aliphatic rings. The molecule has 0 spiro atoms. The van der Waals surface area contributed by atoms with Crippen molar-refractivity contribution in [1.82, 2.24) is 15.1 Å². The average Bonchev–Trinajstić information content (AvgIpc) is 3.06. The molecule has 0 saturated carbocycles. The van der Waals surface area contributed by atoms with Crippen LogP contribution >= 0.6 is 0 Å². The van der Waals surface area contributed by atoms with Gasteiger partial charge in [-0.1, -0.05) is 12.1 Å². The monoisotopic (exact) mass is 320 g/mol. The lowest BCUT2D eigenvalue weighted by Crippen LogP contribution is -2.32. The van der Waals surface area contributed by atoms with E-state index in [1.807, 2.05) is 0 Å². The maximum absolute atomic E-state index is 12.7. The first-order chi connectivity index (χ1) is 11.1. The Labute approximate surface area is 132 Å². The third-order valence-corrected chi connectivity index (χ3v) is 3.88. The summed E-state index contributed by atoms with van der Waals surface area (Å²) in [4.78, 5) is 12.2. The molecule has 0 radical (unpaired) electrons. The number of halogens is 2. The lowest BCUT2D eigenvalue weighted by atomic mass is 10.1. The van der Waals surface area contributed by atoms with Crippen LogP contribution in [-0.4, -0.2) is 28.8 Å². The van der Waals surface area contributed by atoms with Crippen LogP contribution in [0.4, 0.5) is 14.5 Å². The number of alkyl halides is 2. The molecule has 1 aromatic heterocycles. The fourth-order valence-corrected chi connectivity index (χ4v) is 2.67. The highest BCUT2D eigenvalue weighted by Crippen LogP contribution is 2.22. The number of benzene rings is 1. The maximum Gasteiger partial charge on any atom is 0.276 e. The molecule has 0 aliphatic carbocycles. The summed E-state index contributed by atoms with van der Waals surface area (Å²) in [7, 11) is 0. The van der Waals surface area contributed by atoms with Gasteiger partial charge in [0.1, 0.15) is 0 Å². The van der Waals surface area contributed by atoms with Crippen molar-refractivity contribution in [2.45, 2.75) is 25.3 Å². The first-order valence-corrected chi connectivity index (χ1v) is 7.59. The second-order valence-electron chi connectivity index (χ2n) is 5.56. The molecule has 1 amide bonds. The Morgan fingerprint density at radius 1 is 1.39 bits per heavy atom. The Kier molecular flexibility index (Phi) is 4.66. The van der Waals surface area contributed by atoms with Crippen LogP contribution in [0.15, 0.2) is 36.5 Å². The minimum Gasteiger partial charge on any atom is -0.321 e. The van der Waals surface area contributed by atoms with Crippen molar-refractivity contribution < 1.29 is 13.6 Å². The van der Waals surface area contributed by atoms with Gasteiger partial charge in [-0.2, -0.15) is 5.10 Å². The largest absolute Gasteiger partial charge is 0.321 e. The molecule has 1 fully saturated rings. The fraction of sp³-hybridized carbons (Fsp3) is 0.375. The third kappa shape index (κ3) is 3.73. The number of rotatable bonds is 4. The first-order valence-electron chi connectivity index (χ1n) is 7.59. The summed E-state index contributed by atoms with van der Waals surface area (Å²) >= 11 is 0. The summed E-state index contributed by atoms with van der Waals surface area (Å²) in [6.45, 7) is 1.84. The Balaban J connectivity index is 1.68. The topological polar surface area (TPSA) is 59.0 Å². The molecule has 1 aromatic carbocycles. The van der Waals surface area contributed by atoms with Crippen LogP contribution in [-0.2, 0) is 0 Å². The van der Waals surface area contributed by atoms with E-state index in [1.165, 1.54) is 18.2 Å². The SMILES string of the molecule is O=C(Nc1cccc(C(F)F)c1)c1ccn(C2CCCNC2)n1. The number of carbonyl (C=O) groups is 1. The van der Waals surface area contributed by atoms with Crippen molar-refractivity contribution in [3.8, 4) is 0 Å². The van der Waals surface area contributed by atoms with Gasteiger partial charge in [-0.25, -0.2) is 8.78 Å². The Hall–Kier alpha value is -2.28. The van der Waals surface area contributed by atoms with Crippen LogP contribution in [0.25, 0.3) is 0 Å². The molecule has 2 aromatic rings. The lowest BCUT2D eigenvalue weighted by Gasteiger charge is -2.22. The van der Waals surface area contributed by atoms with Gasteiger partial charge in [-0.3, -0.25) is 9.48 Å². The second kappa shape index (κ2) is 6.87. The molecule has 2 heterocycles. The van der Waals surface area contributed by atoms with Crippen LogP contribution < -0.4 is 10.6 Å². The zero-order chi connectivity index (χ0) is 16.2. The molecule has 1 saturated heterocycles. The van der Waals surface area contributed by atoms with E-state index in [9.17, 15) is 13.6 Å². The molecular weight excluding hydrogens is 302 g/mol. The van der Waals surface area contributed by atoms with E-state index in [2.05, 4.69) is 15.7 Å². The van der Waals surface area contributed by atoms with Crippen LogP contribution in [0, 0.1) is 0 Å². The van der Waals surface area contributed by atoms with Crippen molar-refractivity contribution in [3.63, 3.8) is 0 Å². The zero-order valence-corrected chi connectivity index (χ0v) is 12.5. The average molecular weight is 320 g/mol. The molecule has 5 nitrogen and oxygen atoms in total. The first kappa shape index (κ1) is 15.6. The molecule has 7 heteroatoms. The standard InChI is InChI=1S/C16H18F2N4O/c17-15(18)11-3-1-4-12(9-11)20-16(23)14-6-8-22(21-14)13-5-2-7-19-10-13/h1,3-4,6,8-9,13,15,19H,2,5,7,10H2,(H,20,23). The summed E-state index contributed by atoms with van der Waals surface area (Å²) in [6, 6.07) is 7.54. The van der Waals surface area contributed by atoms with E-state index >= 15 is 0 Å². The predicted molar refractivity (Wildman–Crippen MR) is 82.7 cm³/mol. The van der Waals surface area contributed by atoms with Crippen molar-refractivity contribution >= 4 is 11.6 Å². The van der Waals surface area contributed by atoms with Gasteiger partial charge in [0.05, 0.1) is 6.04 Å². The van der Waals surface area contributed by atoms with Crippen LogP contribution in [0.2, 0.25) is 0 Å². The lowest BCUT2D eigenvalue weighted by molar-refractivity contribution is 0.102. The van der Waals surface area contributed by atoms with Crippen LogP contribution in [0.5, 0.6) is 0 Å². The number of hydrogen-bond acceptors (Lipinski definition) is 3. The van der Waals surface area contributed by atoms with Gasteiger partial charge in [0, 0.05) is 24.0 Å². The van der Waals surface area contributed by atoms with Gasteiger partial charge in [0.25, 0.3) is 12.3 Å². The Morgan fingerprint density at radius 3 is 3.00 bits per heavy atom. The molecule has 2 N–H and O–H groups in total. The van der Waals surface area contributed by atoms with Gasteiger partial charge in [0.15, 0.2) is 5.69 Å². The quantitative estimate of drug-likeness (QED) is 0.910. The van der Waals surface area contributed by atoms with Gasteiger partial charge in [-0.05, 0) is 37.6 Å². The number of aromatic nitrogens is 2. The molecular formula is C16H18F2N4O. The van der Waals surface area contributed by atoms with E-state index in [-0.39, 0.29) is 17.3 Å². The Bertz CT molecular complexity index is 680. The highest BCUT2D eigenvalue weighted by Gasteiger charge is 2.18. The molecule has 122 valence electrons. The smallest absolute Gasteiger partial charge is 0.276 e. The van der Waals surface area contributed by atoms with Crippen molar-refractivity contribution in [2.24, 2.45) is 0 Å². The van der Waals surface area contributed by atoms with E-state index < -0.39 is 12.3 Å². The number of nitrogens with one attached hydrogen (secondary N) is 2. The predicted octanol–water partition coefficient (Wildman–Crippen LogP) is 3.00.